The number of ether oxygens (including phenoxy) is 2. The van der Waals surface area contributed by atoms with Crippen molar-refractivity contribution in [2.75, 3.05) is 18.6 Å². The molecule has 1 heterocycles. The molecule has 0 spiro atoms. The van der Waals surface area contributed by atoms with Crippen molar-refractivity contribution < 1.29 is 19.2 Å². The van der Waals surface area contributed by atoms with Crippen LogP contribution in [-0.2, 0) is 11.4 Å². The lowest BCUT2D eigenvalue weighted by molar-refractivity contribution is -0.384. The predicted molar refractivity (Wildman–Crippen MR) is 153 cm³/mol. The molecule has 190 valence electrons. The monoisotopic (exact) mass is 645 g/mol. The molecule has 0 bridgehead atoms. The fraction of sp³-hybridized carbons (Fsp3) is 0.154. The highest BCUT2D eigenvalue weighted by Crippen LogP contribution is 2.37. The number of nitrogens with zero attached hydrogens (tertiary/aromatic N) is 3. The molecule has 1 fully saturated rings. The number of likely N-dealkylation sites (N-methyl/N-ethyl adjacent to an activating group) is 1. The second-order valence-corrected chi connectivity index (χ2v) is 10.0. The maximum absolute atomic E-state index is 13.3. The smallest absolute Gasteiger partial charge is 0.281 e. The molecule has 1 saturated heterocycles. The van der Waals surface area contributed by atoms with Gasteiger partial charge in [0.25, 0.3) is 11.6 Å². The lowest BCUT2D eigenvalue weighted by Crippen LogP contribution is -2.31. The van der Waals surface area contributed by atoms with Gasteiger partial charge in [-0.3, -0.25) is 19.8 Å². The predicted octanol–water partition coefficient (Wildman–Crippen LogP) is 6.70. The molecular weight excluding hydrogens is 626 g/mol. The highest BCUT2D eigenvalue weighted by molar-refractivity contribution is 9.11. The van der Waals surface area contributed by atoms with Crippen LogP contribution in [0.15, 0.2) is 75.3 Å². The summed E-state index contributed by atoms with van der Waals surface area (Å²) in [4.78, 5) is 27.0. The highest BCUT2D eigenvalue weighted by Gasteiger charge is 2.36. The maximum atomic E-state index is 13.3. The minimum absolute atomic E-state index is 0.00347. The van der Waals surface area contributed by atoms with E-state index in [1.165, 1.54) is 17.0 Å². The van der Waals surface area contributed by atoms with E-state index in [9.17, 15) is 14.9 Å². The van der Waals surface area contributed by atoms with Gasteiger partial charge < -0.3 is 14.4 Å². The molecule has 0 N–H and O–H groups in total. The first kappa shape index (κ1) is 26.8. The van der Waals surface area contributed by atoms with E-state index in [2.05, 4.69) is 31.9 Å². The molecule has 3 aromatic carbocycles. The number of thiocarbonyl (C=S) groups is 1. The number of hydrogen-bond acceptors (Lipinski definition) is 6. The van der Waals surface area contributed by atoms with Crippen LogP contribution in [0, 0.1) is 10.1 Å². The van der Waals surface area contributed by atoms with Crippen LogP contribution in [-0.4, -0.2) is 34.5 Å². The summed E-state index contributed by atoms with van der Waals surface area (Å²) in [6.07, 6.45) is 1.75. The van der Waals surface area contributed by atoms with Gasteiger partial charge in [-0.05, 0) is 105 Å². The molecule has 1 amide bonds. The topological polar surface area (TPSA) is 85.1 Å². The third-order valence-corrected chi connectivity index (χ3v) is 7.13. The van der Waals surface area contributed by atoms with Gasteiger partial charge in [0.15, 0.2) is 5.11 Å². The Kier molecular flexibility index (Phi) is 8.25. The molecule has 0 saturated carbocycles. The van der Waals surface area contributed by atoms with Crippen LogP contribution in [0.3, 0.4) is 0 Å². The first-order chi connectivity index (χ1) is 17.7. The molecule has 37 heavy (non-hydrogen) atoms. The summed E-state index contributed by atoms with van der Waals surface area (Å²) in [5.41, 5.74) is 2.49. The standard InChI is InChI=1S/C26H21Br2N3O5S/c1-3-35-20-9-7-18(8-10-20)30-25(32)23(29(2)26(30)37)14-17-12-21(27)24(22(28)13-17)36-15-16-5-4-6-19(11-16)31(33)34/h4-14H,3,15H2,1-2H3/b23-14-. The van der Waals surface area contributed by atoms with E-state index in [1.807, 2.05) is 19.1 Å². The van der Waals surface area contributed by atoms with Crippen molar-refractivity contribution in [2.45, 2.75) is 13.5 Å². The van der Waals surface area contributed by atoms with Gasteiger partial charge in [-0.25, -0.2) is 0 Å². The molecular formula is C26H21Br2N3O5S. The number of non-ortho nitro benzene ring substituents is 1. The van der Waals surface area contributed by atoms with Crippen LogP contribution in [0.25, 0.3) is 6.08 Å². The van der Waals surface area contributed by atoms with E-state index in [0.717, 1.165) is 11.3 Å². The molecule has 11 heteroatoms. The fourth-order valence-corrected chi connectivity index (χ4v) is 5.45. The Hall–Kier alpha value is -3.28. The van der Waals surface area contributed by atoms with Crippen LogP contribution in [0.1, 0.15) is 18.1 Å². The largest absolute Gasteiger partial charge is 0.494 e. The summed E-state index contributed by atoms with van der Waals surface area (Å²) >= 11 is 12.6. The number of benzene rings is 3. The van der Waals surface area contributed by atoms with Crippen LogP contribution in [0.4, 0.5) is 11.4 Å². The van der Waals surface area contributed by atoms with Gasteiger partial charge in [0, 0.05) is 19.2 Å². The summed E-state index contributed by atoms with van der Waals surface area (Å²) in [5, 5.41) is 11.4. The number of nitro benzene ring substituents is 1. The SMILES string of the molecule is CCOc1ccc(N2C(=O)/C(=C/c3cc(Br)c(OCc4cccc([N+](=O)[O-])c4)c(Br)c3)N(C)C2=S)cc1. The Morgan fingerprint density at radius 2 is 1.73 bits per heavy atom. The molecule has 0 atom stereocenters. The first-order valence-electron chi connectivity index (χ1n) is 11.1. The number of hydrogen-bond donors (Lipinski definition) is 0. The van der Waals surface area contributed by atoms with Crippen molar-refractivity contribution in [3.63, 3.8) is 0 Å². The van der Waals surface area contributed by atoms with Gasteiger partial charge >= 0.3 is 0 Å². The van der Waals surface area contributed by atoms with E-state index in [0.29, 0.717) is 43.4 Å². The van der Waals surface area contributed by atoms with Crippen molar-refractivity contribution in [3.8, 4) is 11.5 Å². The van der Waals surface area contributed by atoms with Crippen molar-refractivity contribution in [3.05, 3.63) is 96.5 Å². The highest BCUT2D eigenvalue weighted by atomic mass is 79.9. The molecule has 3 aromatic rings. The van der Waals surface area contributed by atoms with Gasteiger partial charge in [-0.15, -0.1) is 0 Å². The van der Waals surface area contributed by atoms with Crippen molar-refractivity contribution in [1.82, 2.24) is 4.90 Å². The van der Waals surface area contributed by atoms with Crippen LogP contribution < -0.4 is 14.4 Å². The average molecular weight is 647 g/mol. The number of carbonyl (C=O) groups is 1. The molecule has 0 radical (unpaired) electrons. The number of rotatable bonds is 8. The molecule has 0 unspecified atom stereocenters. The second-order valence-electron chi connectivity index (χ2n) is 7.97. The quantitative estimate of drug-likeness (QED) is 0.116. The Balaban J connectivity index is 1.55. The van der Waals surface area contributed by atoms with Crippen molar-refractivity contribution >= 4 is 72.5 Å². The Morgan fingerprint density at radius 3 is 2.35 bits per heavy atom. The Labute approximate surface area is 235 Å². The summed E-state index contributed by atoms with van der Waals surface area (Å²) in [7, 11) is 1.75. The summed E-state index contributed by atoms with van der Waals surface area (Å²) in [6, 6.07) is 17.1. The number of amides is 1. The molecule has 4 rings (SSSR count). The van der Waals surface area contributed by atoms with E-state index in [-0.39, 0.29) is 18.2 Å². The zero-order valence-electron chi connectivity index (χ0n) is 19.8. The van der Waals surface area contributed by atoms with Gasteiger partial charge in [-0.2, -0.15) is 0 Å². The third kappa shape index (κ3) is 5.84. The lowest BCUT2D eigenvalue weighted by Gasteiger charge is -2.16. The number of carbonyl (C=O) groups excluding carboxylic acids is 1. The zero-order chi connectivity index (χ0) is 26.7. The minimum Gasteiger partial charge on any atom is -0.494 e. The number of anilines is 1. The lowest BCUT2D eigenvalue weighted by atomic mass is 10.1. The summed E-state index contributed by atoms with van der Waals surface area (Å²) in [6.45, 7) is 2.61. The maximum Gasteiger partial charge on any atom is 0.281 e. The van der Waals surface area contributed by atoms with E-state index >= 15 is 0 Å². The fourth-order valence-electron chi connectivity index (χ4n) is 3.72. The number of halogens is 2. The number of nitro groups is 1. The normalized spacial score (nSPS) is 14.4. The Morgan fingerprint density at radius 1 is 1.05 bits per heavy atom. The summed E-state index contributed by atoms with van der Waals surface area (Å²) < 4.78 is 12.7. The molecule has 0 aliphatic carbocycles. The average Bonchev–Trinajstić information content (AvgIpc) is 3.07. The summed E-state index contributed by atoms with van der Waals surface area (Å²) in [5.74, 6) is 1.01. The van der Waals surface area contributed by atoms with E-state index < -0.39 is 4.92 Å². The van der Waals surface area contributed by atoms with E-state index in [1.54, 1.807) is 54.4 Å². The third-order valence-electron chi connectivity index (χ3n) is 5.50. The Bertz CT molecular complexity index is 1390. The minimum atomic E-state index is -0.443. The van der Waals surface area contributed by atoms with Crippen molar-refractivity contribution in [1.29, 1.82) is 0 Å². The van der Waals surface area contributed by atoms with Gasteiger partial charge in [0.1, 0.15) is 23.8 Å². The van der Waals surface area contributed by atoms with Gasteiger partial charge in [0.05, 0.1) is 26.2 Å². The molecule has 0 aromatic heterocycles. The molecule has 8 nitrogen and oxygen atoms in total. The van der Waals surface area contributed by atoms with Gasteiger partial charge in [0.2, 0.25) is 0 Å². The van der Waals surface area contributed by atoms with Crippen LogP contribution >= 0.6 is 44.1 Å². The van der Waals surface area contributed by atoms with Crippen LogP contribution in [0.5, 0.6) is 11.5 Å². The van der Waals surface area contributed by atoms with Gasteiger partial charge in [-0.1, -0.05) is 12.1 Å². The molecule has 1 aliphatic rings. The molecule has 1 aliphatic heterocycles. The van der Waals surface area contributed by atoms with E-state index in [4.69, 9.17) is 21.7 Å². The first-order valence-corrected chi connectivity index (χ1v) is 13.1. The van der Waals surface area contributed by atoms with Crippen molar-refractivity contribution in [2.24, 2.45) is 0 Å². The zero-order valence-corrected chi connectivity index (χ0v) is 23.8. The second kappa shape index (κ2) is 11.4. The van der Waals surface area contributed by atoms with Crippen LogP contribution in [0.2, 0.25) is 0 Å².